The van der Waals surface area contributed by atoms with Crippen molar-refractivity contribution < 1.29 is 0 Å². The van der Waals surface area contributed by atoms with Gasteiger partial charge in [0.1, 0.15) is 6.33 Å². The van der Waals surface area contributed by atoms with Gasteiger partial charge < -0.3 is 0 Å². The van der Waals surface area contributed by atoms with E-state index in [2.05, 4.69) is 37.3 Å². The molecule has 2 nitrogen and oxygen atoms in total. The van der Waals surface area contributed by atoms with E-state index in [1.54, 1.807) is 35.6 Å². The summed E-state index contributed by atoms with van der Waals surface area (Å²) in [6, 6.07) is 4.06. The van der Waals surface area contributed by atoms with Crippen molar-refractivity contribution >= 4 is 39.0 Å². The molecule has 14 heavy (non-hydrogen) atoms. The molecule has 2 aromatic rings. The summed E-state index contributed by atoms with van der Waals surface area (Å²) < 4.78 is 1.15. The highest BCUT2D eigenvalue weighted by Crippen LogP contribution is 2.26. The lowest BCUT2D eigenvalue weighted by molar-refractivity contribution is 1.05. The number of rotatable bonds is 3. The van der Waals surface area contributed by atoms with Gasteiger partial charge in [0, 0.05) is 26.7 Å². The van der Waals surface area contributed by atoms with E-state index in [1.165, 1.54) is 4.88 Å². The highest BCUT2D eigenvalue weighted by atomic mass is 79.9. The quantitative estimate of drug-likeness (QED) is 0.637. The normalized spacial score (nSPS) is 10.4. The summed E-state index contributed by atoms with van der Waals surface area (Å²) in [4.78, 5) is 9.37. The van der Waals surface area contributed by atoms with E-state index in [0.29, 0.717) is 0 Å². The lowest BCUT2D eigenvalue weighted by atomic mass is 10.5. The second-order valence-electron chi connectivity index (χ2n) is 2.57. The molecular weight excluding hydrogens is 280 g/mol. The molecule has 2 aromatic heterocycles. The number of hydrogen-bond donors (Lipinski definition) is 0. The van der Waals surface area contributed by atoms with Crippen LogP contribution in [0.5, 0.6) is 0 Å². The largest absolute Gasteiger partial charge is 0.245 e. The summed E-state index contributed by atoms with van der Waals surface area (Å²) in [5, 5.41) is 3.11. The average molecular weight is 287 g/mol. The second kappa shape index (κ2) is 4.91. The molecule has 0 aliphatic carbocycles. The molecule has 0 amide bonds. The number of aromatic nitrogens is 2. The van der Waals surface area contributed by atoms with Crippen molar-refractivity contribution in [2.24, 2.45) is 0 Å². The maximum atomic E-state index is 4.15. The van der Waals surface area contributed by atoms with Crippen molar-refractivity contribution in [3.63, 3.8) is 0 Å². The molecule has 72 valence electrons. The predicted molar refractivity (Wildman–Crippen MR) is 63.6 cm³/mol. The Bertz CT molecular complexity index is 402. The van der Waals surface area contributed by atoms with Crippen LogP contribution in [0.4, 0.5) is 0 Å². The van der Waals surface area contributed by atoms with E-state index in [1.807, 2.05) is 6.07 Å². The van der Waals surface area contributed by atoms with Gasteiger partial charge in [-0.1, -0.05) is 0 Å². The van der Waals surface area contributed by atoms with Gasteiger partial charge in [0.15, 0.2) is 0 Å². The zero-order valence-corrected chi connectivity index (χ0v) is 10.4. The Morgan fingerprint density at radius 2 is 2.43 bits per heavy atom. The Morgan fingerprint density at radius 3 is 3.07 bits per heavy atom. The topological polar surface area (TPSA) is 25.8 Å². The van der Waals surface area contributed by atoms with Gasteiger partial charge in [0.05, 0.1) is 5.03 Å². The fraction of sp³-hybridized carbons (Fsp3) is 0.111. The van der Waals surface area contributed by atoms with Crippen LogP contribution in [0, 0.1) is 0 Å². The first kappa shape index (κ1) is 10.1. The zero-order valence-electron chi connectivity index (χ0n) is 7.18. The highest BCUT2D eigenvalue weighted by molar-refractivity contribution is 9.10. The molecule has 0 N–H and O–H groups in total. The minimum atomic E-state index is 0.966. The Labute approximate surface area is 98.9 Å². The highest BCUT2D eigenvalue weighted by Gasteiger charge is 1.99. The smallest absolute Gasteiger partial charge is 0.116 e. The summed E-state index contributed by atoms with van der Waals surface area (Å²) in [6.45, 7) is 0. The second-order valence-corrected chi connectivity index (χ2v) is 5.47. The lowest BCUT2D eigenvalue weighted by Gasteiger charge is -1.96. The minimum absolute atomic E-state index is 0.966. The van der Waals surface area contributed by atoms with E-state index < -0.39 is 0 Å². The van der Waals surface area contributed by atoms with Crippen molar-refractivity contribution in [3.8, 4) is 0 Å². The molecule has 0 unspecified atom stereocenters. The first-order chi connectivity index (χ1) is 6.84. The number of halogens is 1. The fourth-order valence-electron chi connectivity index (χ4n) is 0.939. The van der Waals surface area contributed by atoms with Crippen LogP contribution >= 0.6 is 39.0 Å². The standard InChI is InChI=1S/C9H7BrN2S2/c10-7-3-8(13-4-7)5-14-9-1-2-11-6-12-9/h1-4,6H,5H2. The third-order valence-corrected chi connectivity index (χ3v) is 4.41. The molecule has 0 fully saturated rings. The maximum Gasteiger partial charge on any atom is 0.116 e. The third kappa shape index (κ3) is 2.80. The van der Waals surface area contributed by atoms with Gasteiger partial charge in [-0.15, -0.1) is 23.1 Å². The predicted octanol–water partition coefficient (Wildman–Crippen LogP) is 3.59. The van der Waals surface area contributed by atoms with Gasteiger partial charge in [-0.25, -0.2) is 9.97 Å². The SMILES string of the molecule is Brc1csc(CSc2ccncn2)c1. The summed E-state index contributed by atoms with van der Waals surface area (Å²) in [7, 11) is 0. The van der Waals surface area contributed by atoms with E-state index in [4.69, 9.17) is 0 Å². The van der Waals surface area contributed by atoms with Crippen molar-refractivity contribution in [2.75, 3.05) is 0 Å². The average Bonchev–Trinajstić information content (AvgIpc) is 2.63. The summed E-state index contributed by atoms with van der Waals surface area (Å²) in [5.41, 5.74) is 0. The summed E-state index contributed by atoms with van der Waals surface area (Å²) >= 11 is 6.92. The van der Waals surface area contributed by atoms with Crippen LogP contribution in [-0.4, -0.2) is 9.97 Å². The molecule has 0 bridgehead atoms. The van der Waals surface area contributed by atoms with E-state index in [-0.39, 0.29) is 0 Å². The van der Waals surface area contributed by atoms with Crippen molar-refractivity contribution in [1.82, 2.24) is 9.97 Å². The Morgan fingerprint density at radius 1 is 1.50 bits per heavy atom. The van der Waals surface area contributed by atoms with Crippen LogP contribution in [0.15, 0.2) is 39.5 Å². The van der Waals surface area contributed by atoms with Gasteiger partial charge >= 0.3 is 0 Å². The van der Waals surface area contributed by atoms with Crippen molar-refractivity contribution in [1.29, 1.82) is 0 Å². The summed E-state index contributed by atoms with van der Waals surface area (Å²) in [6.07, 6.45) is 3.34. The molecule has 2 rings (SSSR count). The van der Waals surface area contributed by atoms with Crippen LogP contribution in [-0.2, 0) is 5.75 Å². The van der Waals surface area contributed by atoms with E-state index in [9.17, 15) is 0 Å². The molecule has 0 aliphatic heterocycles. The van der Waals surface area contributed by atoms with E-state index in [0.717, 1.165) is 15.3 Å². The lowest BCUT2D eigenvalue weighted by Crippen LogP contribution is -1.80. The monoisotopic (exact) mass is 286 g/mol. The van der Waals surface area contributed by atoms with Crippen LogP contribution in [0.3, 0.4) is 0 Å². The first-order valence-electron chi connectivity index (χ1n) is 3.96. The molecule has 0 saturated heterocycles. The molecular formula is C9H7BrN2S2. The Kier molecular flexibility index (Phi) is 3.55. The van der Waals surface area contributed by atoms with Crippen LogP contribution in [0.25, 0.3) is 0 Å². The van der Waals surface area contributed by atoms with Crippen LogP contribution in [0.1, 0.15) is 4.88 Å². The summed E-state index contributed by atoms with van der Waals surface area (Å²) in [5.74, 6) is 0.966. The Hall–Kier alpha value is -0.390. The number of thiophene rings is 1. The first-order valence-corrected chi connectivity index (χ1v) is 6.62. The molecule has 0 aliphatic rings. The molecule has 0 saturated carbocycles. The van der Waals surface area contributed by atoms with Gasteiger partial charge in [0.2, 0.25) is 0 Å². The fourth-order valence-corrected chi connectivity index (χ4v) is 3.27. The van der Waals surface area contributed by atoms with Crippen molar-refractivity contribution in [2.45, 2.75) is 10.8 Å². The molecule has 0 radical (unpaired) electrons. The Balaban J connectivity index is 1.95. The van der Waals surface area contributed by atoms with Gasteiger partial charge in [0.25, 0.3) is 0 Å². The third-order valence-electron chi connectivity index (χ3n) is 1.54. The number of thioether (sulfide) groups is 1. The maximum absolute atomic E-state index is 4.15. The van der Waals surface area contributed by atoms with Crippen molar-refractivity contribution in [3.05, 3.63) is 39.4 Å². The number of hydrogen-bond acceptors (Lipinski definition) is 4. The number of nitrogens with zero attached hydrogens (tertiary/aromatic N) is 2. The van der Waals surface area contributed by atoms with Crippen LogP contribution < -0.4 is 0 Å². The molecule has 5 heteroatoms. The molecule has 0 atom stereocenters. The van der Waals surface area contributed by atoms with Crippen LogP contribution in [0.2, 0.25) is 0 Å². The van der Waals surface area contributed by atoms with Gasteiger partial charge in [-0.3, -0.25) is 0 Å². The van der Waals surface area contributed by atoms with Gasteiger partial charge in [-0.05, 0) is 28.1 Å². The molecule has 2 heterocycles. The van der Waals surface area contributed by atoms with E-state index >= 15 is 0 Å². The van der Waals surface area contributed by atoms with Gasteiger partial charge in [-0.2, -0.15) is 0 Å². The molecule has 0 spiro atoms. The molecule has 0 aromatic carbocycles. The minimum Gasteiger partial charge on any atom is -0.245 e. The zero-order chi connectivity index (χ0) is 9.80.